The highest BCUT2D eigenvalue weighted by atomic mass is 14.7. The average molecular weight is 559 g/mol. The van der Waals surface area contributed by atoms with E-state index in [2.05, 4.69) is 94.9 Å². The summed E-state index contributed by atoms with van der Waals surface area (Å²) in [4.78, 5) is 8.86. The number of nitriles is 2. The molecule has 6 aromatic carbocycles. The molecule has 2 heterocycles. The van der Waals surface area contributed by atoms with E-state index in [0.29, 0.717) is 22.5 Å². The fourth-order valence-electron chi connectivity index (χ4n) is 6.26. The number of hydrogen-bond donors (Lipinski definition) is 0. The van der Waals surface area contributed by atoms with Gasteiger partial charge < -0.3 is 0 Å². The Balaban J connectivity index is 1.17. The summed E-state index contributed by atoms with van der Waals surface area (Å²) in [5, 5.41) is 26.3. The Morgan fingerprint density at radius 3 is 1.07 bits per heavy atom. The van der Waals surface area contributed by atoms with Crippen LogP contribution in [-0.2, 0) is 0 Å². The van der Waals surface area contributed by atoms with Crippen molar-refractivity contribution in [2.24, 2.45) is 0 Å². The molecular weight excluding hydrogens is 536 g/mol. The molecule has 4 nitrogen and oxygen atoms in total. The molecule has 0 N–H and O–H groups in total. The lowest BCUT2D eigenvalue weighted by Gasteiger charge is -2.15. The molecule has 44 heavy (non-hydrogen) atoms. The molecule has 0 bridgehead atoms. The van der Waals surface area contributed by atoms with Gasteiger partial charge in [0, 0.05) is 23.5 Å². The number of nitrogens with zero attached hydrogens (tertiary/aromatic N) is 4. The first-order chi connectivity index (χ1) is 21.7. The number of benzene rings is 6. The van der Waals surface area contributed by atoms with Gasteiger partial charge in [-0.15, -0.1) is 0 Å². The van der Waals surface area contributed by atoms with Gasteiger partial charge >= 0.3 is 0 Å². The van der Waals surface area contributed by atoms with E-state index in [0.717, 1.165) is 33.4 Å². The number of rotatable bonds is 4. The van der Waals surface area contributed by atoms with E-state index in [4.69, 9.17) is 0 Å². The van der Waals surface area contributed by atoms with Gasteiger partial charge in [-0.1, -0.05) is 72.8 Å². The van der Waals surface area contributed by atoms with E-state index in [1.807, 2.05) is 24.3 Å². The van der Waals surface area contributed by atoms with Gasteiger partial charge in [0.1, 0.15) is 12.1 Å². The van der Waals surface area contributed by atoms with Crippen LogP contribution in [0.5, 0.6) is 0 Å². The second kappa shape index (κ2) is 10.2. The third-order valence-electron chi connectivity index (χ3n) is 8.37. The molecule has 0 amide bonds. The van der Waals surface area contributed by atoms with Gasteiger partial charge in [0.05, 0.1) is 22.5 Å². The lowest BCUT2D eigenvalue weighted by Crippen LogP contribution is -1.90. The van der Waals surface area contributed by atoms with E-state index >= 15 is 0 Å². The summed E-state index contributed by atoms with van der Waals surface area (Å²) in [6.07, 6.45) is 3.44. The number of aromatic nitrogens is 2. The zero-order valence-electron chi connectivity index (χ0n) is 23.5. The maximum absolute atomic E-state index is 9.48. The first-order valence-electron chi connectivity index (χ1n) is 14.3. The van der Waals surface area contributed by atoms with Gasteiger partial charge in [-0.05, 0) is 103 Å². The molecule has 8 aromatic rings. The van der Waals surface area contributed by atoms with Crippen molar-refractivity contribution >= 4 is 32.3 Å². The highest BCUT2D eigenvalue weighted by Crippen LogP contribution is 2.40. The third-order valence-corrected chi connectivity index (χ3v) is 8.37. The van der Waals surface area contributed by atoms with Crippen LogP contribution in [-0.4, -0.2) is 9.97 Å². The zero-order valence-corrected chi connectivity index (χ0v) is 23.5. The van der Waals surface area contributed by atoms with Gasteiger partial charge in [0.2, 0.25) is 0 Å². The van der Waals surface area contributed by atoms with Crippen molar-refractivity contribution in [3.63, 3.8) is 0 Å². The molecule has 0 aliphatic rings. The Labute approximate surface area is 254 Å². The van der Waals surface area contributed by atoms with Crippen molar-refractivity contribution < 1.29 is 0 Å². The quantitative estimate of drug-likeness (QED) is 0.202. The molecule has 0 radical (unpaired) electrons. The van der Waals surface area contributed by atoms with E-state index in [9.17, 15) is 10.5 Å². The molecule has 0 unspecified atom stereocenters. The van der Waals surface area contributed by atoms with Crippen LogP contribution in [0.3, 0.4) is 0 Å². The smallest absolute Gasteiger partial charge is 0.101 e. The molecule has 0 spiro atoms. The Morgan fingerprint density at radius 1 is 0.386 bits per heavy atom. The maximum Gasteiger partial charge on any atom is 0.101 e. The molecule has 8 rings (SSSR count). The normalized spacial score (nSPS) is 11.1. The Morgan fingerprint density at radius 2 is 0.727 bits per heavy atom. The van der Waals surface area contributed by atoms with Crippen LogP contribution < -0.4 is 0 Å². The summed E-state index contributed by atoms with van der Waals surface area (Å²) in [5.74, 6) is 0. The summed E-state index contributed by atoms with van der Waals surface area (Å²) in [6, 6.07) is 46.1. The summed E-state index contributed by atoms with van der Waals surface area (Å²) in [7, 11) is 0. The molecule has 0 atom stereocenters. The predicted octanol–water partition coefficient (Wildman–Crippen LogP) is 9.79. The highest BCUT2D eigenvalue weighted by molar-refractivity contribution is 6.24. The van der Waals surface area contributed by atoms with Crippen LogP contribution >= 0.6 is 0 Å². The van der Waals surface area contributed by atoms with Crippen molar-refractivity contribution in [3.8, 4) is 56.9 Å². The molecule has 0 fully saturated rings. The third kappa shape index (κ3) is 4.14. The highest BCUT2D eigenvalue weighted by Gasteiger charge is 2.13. The monoisotopic (exact) mass is 558 g/mol. The van der Waals surface area contributed by atoms with Gasteiger partial charge in [-0.3, -0.25) is 9.97 Å². The van der Waals surface area contributed by atoms with Crippen LogP contribution in [0.2, 0.25) is 0 Å². The topological polar surface area (TPSA) is 73.4 Å². The zero-order chi connectivity index (χ0) is 29.6. The Kier molecular flexibility index (Phi) is 5.86. The van der Waals surface area contributed by atoms with Crippen LogP contribution in [0.25, 0.3) is 77.1 Å². The van der Waals surface area contributed by atoms with E-state index in [1.165, 1.54) is 32.3 Å². The van der Waals surface area contributed by atoms with E-state index in [-0.39, 0.29) is 0 Å². The van der Waals surface area contributed by atoms with Crippen molar-refractivity contribution in [1.29, 1.82) is 10.5 Å². The van der Waals surface area contributed by atoms with Gasteiger partial charge in [0.15, 0.2) is 0 Å². The first-order valence-corrected chi connectivity index (χ1v) is 14.3. The Bertz CT molecular complexity index is 2200. The first kappa shape index (κ1) is 25.4. The minimum Gasteiger partial charge on any atom is -0.255 e. The van der Waals surface area contributed by atoms with E-state index < -0.39 is 0 Å². The molecule has 202 valence electrons. The van der Waals surface area contributed by atoms with Crippen LogP contribution in [0.1, 0.15) is 11.1 Å². The minimum absolute atomic E-state index is 0.571. The summed E-state index contributed by atoms with van der Waals surface area (Å²) in [6.45, 7) is 0. The van der Waals surface area contributed by atoms with Gasteiger partial charge in [0.25, 0.3) is 0 Å². The van der Waals surface area contributed by atoms with Crippen molar-refractivity contribution in [3.05, 3.63) is 145 Å². The standard InChI is InChI=1S/C40H22N4/c41-23-33-3-1-17-43-39(33)27-9-5-25(6-10-27)35-19-29-13-15-31-21-36(22-32-16-14-30(20-35)37(29)38(31)32)26-7-11-28(12-8-26)40-34(24-42)4-2-18-44-40/h1-22H. The second-order valence-corrected chi connectivity index (χ2v) is 10.9. The fourth-order valence-corrected chi connectivity index (χ4v) is 6.26. The summed E-state index contributed by atoms with van der Waals surface area (Å²) in [5.41, 5.74) is 8.94. The lowest BCUT2D eigenvalue weighted by molar-refractivity contribution is 1.30. The predicted molar refractivity (Wildman–Crippen MR) is 177 cm³/mol. The van der Waals surface area contributed by atoms with Crippen LogP contribution in [0.15, 0.2) is 134 Å². The molecule has 0 saturated heterocycles. The van der Waals surface area contributed by atoms with Gasteiger partial charge in [-0.2, -0.15) is 10.5 Å². The second-order valence-electron chi connectivity index (χ2n) is 10.9. The summed E-state index contributed by atoms with van der Waals surface area (Å²) < 4.78 is 0. The molecular formula is C40H22N4. The minimum atomic E-state index is 0.571. The van der Waals surface area contributed by atoms with Crippen molar-refractivity contribution in [2.75, 3.05) is 0 Å². The fraction of sp³-hybridized carbons (Fsp3) is 0. The van der Waals surface area contributed by atoms with E-state index in [1.54, 1.807) is 36.7 Å². The van der Waals surface area contributed by atoms with Crippen LogP contribution in [0.4, 0.5) is 0 Å². The molecule has 0 saturated carbocycles. The molecule has 4 heteroatoms. The molecule has 2 aromatic heterocycles. The number of hydrogen-bond acceptors (Lipinski definition) is 4. The largest absolute Gasteiger partial charge is 0.255 e. The van der Waals surface area contributed by atoms with Gasteiger partial charge in [-0.25, -0.2) is 0 Å². The average Bonchev–Trinajstić information content (AvgIpc) is 3.10. The maximum atomic E-state index is 9.48. The summed E-state index contributed by atoms with van der Waals surface area (Å²) >= 11 is 0. The lowest BCUT2D eigenvalue weighted by atomic mass is 9.89. The van der Waals surface area contributed by atoms with Crippen molar-refractivity contribution in [2.45, 2.75) is 0 Å². The SMILES string of the molecule is N#Cc1cccnc1-c1ccc(-c2cc3ccc4cc(-c5ccc(-c6ncccc6C#N)cc5)cc5ccc(c2)c3c45)cc1. The molecule has 0 aliphatic heterocycles. The van der Waals surface area contributed by atoms with Crippen molar-refractivity contribution in [1.82, 2.24) is 9.97 Å². The molecule has 0 aliphatic carbocycles. The number of pyridine rings is 2. The Hall–Kier alpha value is -6.36. The van der Waals surface area contributed by atoms with Crippen LogP contribution in [0, 0.1) is 22.7 Å².